The largest absolute Gasteiger partial charge is 0.387 e. The average Bonchev–Trinajstić information content (AvgIpc) is 2.92. The molecule has 1 aromatic carbocycles. The molecule has 2 aliphatic rings. The topological polar surface area (TPSA) is 47.0 Å². The number of likely N-dealkylation sites (N-methyl/N-ethyl adjacent to an activating group) is 1. The Bertz CT molecular complexity index is 557. The summed E-state index contributed by atoms with van der Waals surface area (Å²) in [7, 11) is 2.12. The molecular weight excluding hydrogens is 314 g/mol. The molecule has 1 aromatic rings. The van der Waals surface area contributed by atoms with Crippen molar-refractivity contribution in [3.63, 3.8) is 0 Å². The average molecular weight is 338 g/mol. The maximum absolute atomic E-state index is 12.5. The van der Waals surface area contributed by atoms with Crippen LogP contribution in [-0.4, -0.2) is 84.2 Å². The van der Waals surface area contributed by atoms with Gasteiger partial charge in [0.2, 0.25) is 0 Å². The Balaban J connectivity index is 1.58. The van der Waals surface area contributed by atoms with Crippen LogP contribution in [0.15, 0.2) is 24.3 Å². The molecule has 6 heteroatoms. The van der Waals surface area contributed by atoms with Crippen molar-refractivity contribution >= 4 is 17.5 Å². The van der Waals surface area contributed by atoms with E-state index in [2.05, 4.69) is 16.8 Å². The van der Waals surface area contributed by atoms with Crippen LogP contribution < -0.4 is 0 Å². The third-order valence-corrected chi connectivity index (χ3v) is 5.08. The van der Waals surface area contributed by atoms with E-state index in [1.807, 2.05) is 0 Å². The fraction of sp³-hybridized carbons (Fsp3) is 0.588. The van der Waals surface area contributed by atoms with Crippen LogP contribution in [0.1, 0.15) is 16.8 Å². The smallest absolute Gasteiger partial charge is 0.253 e. The van der Waals surface area contributed by atoms with E-state index in [1.165, 1.54) is 0 Å². The summed E-state index contributed by atoms with van der Waals surface area (Å²) in [4.78, 5) is 18.9. The van der Waals surface area contributed by atoms with Crippen molar-refractivity contribution in [3.05, 3.63) is 34.9 Å². The highest BCUT2D eigenvalue weighted by molar-refractivity contribution is 6.30. The molecule has 2 fully saturated rings. The summed E-state index contributed by atoms with van der Waals surface area (Å²) in [5, 5.41) is 11.5. The van der Waals surface area contributed by atoms with Crippen LogP contribution >= 0.6 is 11.6 Å². The third kappa shape index (κ3) is 4.04. The number of carbonyl (C=O) groups is 1. The lowest BCUT2D eigenvalue weighted by atomic mass is 10.0. The summed E-state index contributed by atoms with van der Waals surface area (Å²) in [6, 6.07) is 6.92. The minimum atomic E-state index is -0.794. The van der Waals surface area contributed by atoms with E-state index in [4.69, 9.17) is 11.6 Å². The van der Waals surface area contributed by atoms with E-state index in [9.17, 15) is 9.90 Å². The predicted octanol–water partition coefficient (Wildman–Crippen LogP) is 1.16. The number of carbonyl (C=O) groups excluding carboxylic acids is 1. The Hall–Kier alpha value is -1.14. The van der Waals surface area contributed by atoms with Crippen molar-refractivity contribution in [2.24, 2.45) is 0 Å². The van der Waals surface area contributed by atoms with Gasteiger partial charge in [-0.1, -0.05) is 11.6 Å². The second kappa shape index (κ2) is 6.77. The summed E-state index contributed by atoms with van der Waals surface area (Å²) in [5.41, 5.74) is -0.170. The molecule has 1 unspecified atom stereocenters. The molecule has 2 saturated heterocycles. The van der Waals surface area contributed by atoms with Gasteiger partial charge in [0.05, 0.1) is 12.1 Å². The minimum absolute atomic E-state index is 0.0315. The number of aliphatic hydroxyl groups is 1. The van der Waals surface area contributed by atoms with Gasteiger partial charge in [-0.3, -0.25) is 9.69 Å². The van der Waals surface area contributed by atoms with E-state index >= 15 is 0 Å². The van der Waals surface area contributed by atoms with Crippen LogP contribution in [0, 0.1) is 0 Å². The Labute approximate surface area is 142 Å². The molecule has 126 valence electrons. The standard InChI is InChI=1S/C17H24ClN3O2/c1-19-8-10-20(11-9-19)12-17(23)6-7-21(13-17)16(22)14-2-4-15(18)5-3-14/h2-5,23H,6-13H2,1H3. The summed E-state index contributed by atoms with van der Waals surface area (Å²) in [6.45, 7) is 5.67. The zero-order valence-corrected chi connectivity index (χ0v) is 14.3. The van der Waals surface area contributed by atoms with Crippen LogP contribution in [0.2, 0.25) is 5.02 Å². The van der Waals surface area contributed by atoms with Crippen LogP contribution in [-0.2, 0) is 0 Å². The maximum Gasteiger partial charge on any atom is 0.253 e. The molecule has 2 aliphatic heterocycles. The Morgan fingerprint density at radius 3 is 2.48 bits per heavy atom. The van der Waals surface area contributed by atoms with Gasteiger partial charge in [-0.05, 0) is 37.7 Å². The lowest BCUT2D eigenvalue weighted by molar-refractivity contribution is 0.000526. The second-order valence-corrected chi connectivity index (χ2v) is 7.22. The first-order valence-corrected chi connectivity index (χ1v) is 8.51. The molecule has 0 aliphatic carbocycles. The Kier molecular flexibility index (Phi) is 4.92. The number of halogens is 1. The first-order chi connectivity index (χ1) is 11.0. The molecule has 3 rings (SSSR count). The quantitative estimate of drug-likeness (QED) is 0.899. The van der Waals surface area contributed by atoms with Gasteiger partial charge in [-0.2, -0.15) is 0 Å². The van der Waals surface area contributed by atoms with Gasteiger partial charge in [0.15, 0.2) is 0 Å². The molecule has 23 heavy (non-hydrogen) atoms. The molecular formula is C17H24ClN3O2. The van der Waals surface area contributed by atoms with Crippen molar-refractivity contribution < 1.29 is 9.90 Å². The number of hydrogen-bond donors (Lipinski definition) is 1. The van der Waals surface area contributed by atoms with Crippen molar-refractivity contribution in [1.29, 1.82) is 0 Å². The molecule has 2 heterocycles. The highest BCUT2D eigenvalue weighted by atomic mass is 35.5. The van der Waals surface area contributed by atoms with Gasteiger partial charge in [0.1, 0.15) is 0 Å². The molecule has 1 amide bonds. The number of β-amino-alcohol motifs (C(OH)–C–C–N with tert-alkyl or cyclic N) is 1. The fourth-order valence-corrected chi connectivity index (χ4v) is 3.48. The molecule has 0 spiro atoms. The molecule has 1 atom stereocenters. The van der Waals surface area contributed by atoms with Crippen LogP contribution in [0.25, 0.3) is 0 Å². The number of hydrogen-bond acceptors (Lipinski definition) is 4. The molecule has 5 nitrogen and oxygen atoms in total. The lowest BCUT2D eigenvalue weighted by Crippen LogP contribution is -2.52. The van der Waals surface area contributed by atoms with E-state index in [1.54, 1.807) is 29.2 Å². The molecule has 0 radical (unpaired) electrons. The number of nitrogens with zero attached hydrogens (tertiary/aromatic N) is 3. The molecule has 1 N–H and O–H groups in total. The van der Waals surface area contributed by atoms with Gasteiger partial charge in [-0.25, -0.2) is 0 Å². The minimum Gasteiger partial charge on any atom is -0.387 e. The number of rotatable bonds is 3. The predicted molar refractivity (Wildman–Crippen MR) is 90.9 cm³/mol. The van der Waals surface area contributed by atoms with Crippen molar-refractivity contribution in [3.8, 4) is 0 Å². The van der Waals surface area contributed by atoms with Gasteiger partial charge in [0.25, 0.3) is 5.91 Å². The van der Waals surface area contributed by atoms with E-state index in [0.717, 1.165) is 26.2 Å². The number of amides is 1. The van der Waals surface area contributed by atoms with E-state index < -0.39 is 5.60 Å². The normalized spacial score (nSPS) is 26.7. The summed E-state index contributed by atoms with van der Waals surface area (Å²) in [5.74, 6) is -0.0315. The summed E-state index contributed by atoms with van der Waals surface area (Å²) < 4.78 is 0. The van der Waals surface area contributed by atoms with E-state index in [0.29, 0.717) is 36.6 Å². The first kappa shape index (κ1) is 16.7. The van der Waals surface area contributed by atoms with Crippen molar-refractivity contribution in [2.75, 3.05) is 52.9 Å². The third-order valence-electron chi connectivity index (χ3n) is 4.82. The summed E-state index contributed by atoms with van der Waals surface area (Å²) >= 11 is 5.87. The number of likely N-dealkylation sites (tertiary alicyclic amines) is 1. The lowest BCUT2D eigenvalue weighted by Gasteiger charge is -2.36. The fourth-order valence-electron chi connectivity index (χ4n) is 3.36. The van der Waals surface area contributed by atoms with Gasteiger partial charge >= 0.3 is 0 Å². The SMILES string of the molecule is CN1CCN(CC2(O)CCN(C(=O)c3ccc(Cl)cc3)C2)CC1. The monoisotopic (exact) mass is 337 g/mol. The second-order valence-electron chi connectivity index (χ2n) is 6.79. The highest BCUT2D eigenvalue weighted by Crippen LogP contribution is 2.25. The van der Waals surface area contributed by atoms with Crippen molar-refractivity contribution in [2.45, 2.75) is 12.0 Å². The van der Waals surface area contributed by atoms with E-state index in [-0.39, 0.29) is 5.91 Å². The molecule has 0 aromatic heterocycles. The highest BCUT2D eigenvalue weighted by Gasteiger charge is 2.40. The van der Waals surface area contributed by atoms with Crippen molar-refractivity contribution in [1.82, 2.24) is 14.7 Å². The van der Waals surface area contributed by atoms with Gasteiger partial charge in [-0.15, -0.1) is 0 Å². The zero-order valence-electron chi connectivity index (χ0n) is 13.5. The number of piperazine rings is 1. The Morgan fingerprint density at radius 2 is 1.83 bits per heavy atom. The summed E-state index contributed by atoms with van der Waals surface area (Å²) in [6.07, 6.45) is 0.638. The van der Waals surface area contributed by atoms with Crippen LogP contribution in [0.5, 0.6) is 0 Å². The number of benzene rings is 1. The zero-order chi connectivity index (χ0) is 16.4. The van der Waals surface area contributed by atoms with Crippen LogP contribution in [0.3, 0.4) is 0 Å². The Morgan fingerprint density at radius 1 is 1.17 bits per heavy atom. The van der Waals surface area contributed by atoms with Gasteiger partial charge < -0.3 is 14.9 Å². The molecule has 0 bridgehead atoms. The maximum atomic E-state index is 12.5. The molecule has 0 saturated carbocycles. The van der Waals surface area contributed by atoms with Gasteiger partial charge in [0, 0.05) is 49.9 Å². The van der Waals surface area contributed by atoms with Crippen LogP contribution in [0.4, 0.5) is 0 Å². The first-order valence-electron chi connectivity index (χ1n) is 8.13.